The molecule has 7 nitrogen and oxygen atoms in total. The molecule has 3 spiro atoms. The Labute approximate surface area is 264 Å². The summed E-state index contributed by atoms with van der Waals surface area (Å²) in [5, 5.41) is 23.6. The third kappa shape index (κ3) is 6.24. The smallest absolute Gasteiger partial charge is 0.200 e. The van der Waals surface area contributed by atoms with E-state index in [1.165, 1.54) is 11.3 Å². The summed E-state index contributed by atoms with van der Waals surface area (Å²) < 4.78 is 20.3. The fourth-order valence-electron chi connectivity index (χ4n) is 9.69. The van der Waals surface area contributed by atoms with Gasteiger partial charge in [-0.2, -0.15) is 0 Å². The van der Waals surface area contributed by atoms with Gasteiger partial charge in [-0.25, -0.2) is 4.99 Å². The number of carboxylic acids is 1. The molecule has 4 fully saturated rings. The number of aliphatic carboxylic acids is 1. The van der Waals surface area contributed by atoms with Gasteiger partial charge in [-0.1, -0.05) is 44.9 Å². The number of allylic oxidation sites excluding steroid dienone is 1. The molecule has 4 saturated heterocycles. The highest BCUT2D eigenvalue weighted by Gasteiger charge is 2.63. The lowest BCUT2D eigenvalue weighted by molar-refractivity contribution is -0.470. The van der Waals surface area contributed by atoms with Crippen molar-refractivity contribution in [2.24, 2.45) is 23.2 Å². The standard InChI is InChI=1S/C37H57NO6/c1-25-9-7-13-32-35(23-26(2)27(3)24-38-32)18-14-28(33(39)40)22-29(35)10-5-6-11-30-12-8-16-36(42-30)19-20-37(44-36)34(4,41)17-15-31(21-25)43-37/h22,26-27,29-31,41H,1,5-21,23-24H2,2-4H3,(H,39,40)/t26-,27-,29-,30-,31-,34+,35+,36+,37+/m0/s1. The van der Waals surface area contributed by atoms with Gasteiger partial charge in [0.25, 0.3) is 0 Å². The zero-order valence-corrected chi connectivity index (χ0v) is 27.6. The van der Waals surface area contributed by atoms with Gasteiger partial charge in [0.05, 0.1) is 23.6 Å². The maximum absolute atomic E-state index is 12.1. The van der Waals surface area contributed by atoms with E-state index in [0.717, 1.165) is 103 Å². The number of fused-ring (bicyclic) bond motifs is 2. The average molecular weight is 612 g/mol. The molecule has 6 aliphatic rings. The van der Waals surface area contributed by atoms with E-state index >= 15 is 0 Å². The second kappa shape index (κ2) is 12.6. The fraction of sp³-hybridized carbons (Fsp3) is 0.838. The highest BCUT2D eigenvalue weighted by Crippen LogP contribution is 2.54. The minimum atomic E-state index is -1.05. The Morgan fingerprint density at radius 1 is 0.932 bits per heavy atom. The molecule has 6 rings (SSSR count). The Kier molecular flexibility index (Phi) is 9.26. The van der Waals surface area contributed by atoms with Crippen LogP contribution in [0.3, 0.4) is 0 Å². The molecule has 0 radical (unpaired) electrons. The van der Waals surface area contributed by atoms with E-state index in [-0.39, 0.29) is 23.5 Å². The number of hydrogen-bond donors (Lipinski definition) is 2. The lowest BCUT2D eigenvalue weighted by atomic mass is 9.58. The number of hydrogen-bond acceptors (Lipinski definition) is 6. The number of carbonyl (C=O) groups is 1. The molecule has 4 bridgehead atoms. The normalized spacial score (nSPS) is 45.7. The van der Waals surface area contributed by atoms with Gasteiger partial charge < -0.3 is 29.2 Å². The molecular formula is C37H57NO6. The molecule has 5 heterocycles. The summed E-state index contributed by atoms with van der Waals surface area (Å²) in [5.41, 5.74) is 2.03. The van der Waals surface area contributed by atoms with Gasteiger partial charge in [0.1, 0.15) is 12.1 Å². The van der Waals surface area contributed by atoms with Crippen LogP contribution in [0.25, 0.3) is 0 Å². The molecule has 7 heteroatoms. The van der Waals surface area contributed by atoms with Crippen LogP contribution in [0.1, 0.15) is 136 Å². The van der Waals surface area contributed by atoms with Crippen LogP contribution in [-0.2, 0) is 19.0 Å². The number of rotatable bonds is 1. The summed E-state index contributed by atoms with van der Waals surface area (Å²) in [6.45, 7) is 12.1. The highest BCUT2D eigenvalue weighted by atomic mass is 16.8. The zero-order chi connectivity index (χ0) is 31.2. The number of carbonyl (C=O) groups excluding carboxylic acids is 1. The topological polar surface area (TPSA) is 102 Å². The van der Waals surface area contributed by atoms with Crippen molar-refractivity contribution in [2.45, 2.75) is 166 Å². The van der Waals surface area contributed by atoms with Crippen molar-refractivity contribution in [1.29, 1.82) is 0 Å². The minimum absolute atomic E-state index is 0.0213. The van der Waals surface area contributed by atoms with E-state index in [2.05, 4.69) is 31.5 Å². The van der Waals surface area contributed by atoms with E-state index in [1.807, 2.05) is 6.92 Å². The van der Waals surface area contributed by atoms with E-state index in [9.17, 15) is 15.0 Å². The van der Waals surface area contributed by atoms with E-state index < -0.39 is 23.1 Å². The molecule has 0 unspecified atom stereocenters. The van der Waals surface area contributed by atoms with Gasteiger partial charge in [-0.3, -0.25) is 0 Å². The number of aliphatic hydroxyl groups is 1. The third-order valence-electron chi connectivity index (χ3n) is 12.7. The van der Waals surface area contributed by atoms with Gasteiger partial charge in [0.2, 0.25) is 5.79 Å². The average Bonchev–Trinajstić information content (AvgIpc) is 3.27. The predicted molar refractivity (Wildman–Crippen MR) is 167 cm³/mol. The lowest BCUT2D eigenvalue weighted by Crippen LogP contribution is -2.77. The molecule has 2 N–H and O–H groups in total. The van der Waals surface area contributed by atoms with Gasteiger partial charge in [-0.05, 0) is 101 Å². The SMILES string of the molecule is C=C1CCCC2=[NH+]C[C@H](C)[C@@H](C)C[C@@]23CCC(C(=O)[O-])=C[C@@H]3CCCC[C@H]2CCC[C@@]3(CC[C@@]4(O[C@@H](CC[C@@]4(C)O)C1)O3)O2. The Morgan fingerprint density at radius 3 is 2.55 bits per heavy atom. The van der Waals surface area contributed by atoms with Crippen LogP contribution in [-0.4, -0.2) is 52.7 Å². The van der Waals surface area contributed by atoms with Crippen LogP contribution in [0.15, 0.2) is 23.8 Å². The maximum atomic E-state index is 12.1. The van der Waals surface area contributed by atoms with Crippen molar-refractivity contribution in [2.75, 3.05) is 6.54 Å². The Balaban J connectivity index is 1.28. The Bertz CT molecular complexity index is 1160. The molecule has 5 aliphatic heterocycles. The summed E-state index contributed by atoms with van der Waals surface area (Å²) in [5.74, 6) is -1.39. The molecular weight excluding hydrogens is 554 g/mol. The molecule has 9 atom stereocenters. The second-order valence-corrected chi connectivity index (χ2v) is 15.8. The van der Waals surface area contributed by atoms with Crippen molar-refractivity contribution in [3.05, 3.63) is 23.8 Å². The summed E-state index contributed by atoms with van der Waals surface area (Å²) >= 11 is 0. The van der Waals surface area contributed by atoms with Crippen molar-refractivity contribution in [3.63, 3.8) is 0 Å². The first-order chi connectivity index (χ1) is 20.9. The predicted octanol–water partition coefficient (Wildman–Crippen LogP) is 4.65. The van der Waals surface area contributed by atoms with Crippen molar-refractivity contribution in [1.82, 2.24) is 0 Å². The van der Waals surface area contributed by atoms with Crippen LogP contribution >= 0.6 is 0 Å². The van der Waals surface area contributed by atoms with Crippen molar-refractivity contribution in [3.8, 4) is 0 Å². The zero-order valence-electron chi connectivity index (χ0n) is 27.6. The van der Waals surface area contributed by atoms with Crippen molar-refractivity contribution < 1.29 is 34.2 Å². The molecule has 0 aromatic heterocycles. The maximum Gasteiger partial charge on any atom is 0.200 e. The Morgan fingerprint density at radius 2 is 1.73 bits per heavy atom. The monoisotopic (exact) mass is 611 g/mol. The summed E-state index contributed by atoms with van der Waals surface area (Å²) in [7, 11) is 0. The first-order valence-corrected chi connectivity index (χ1v) is 17.9. The molecule has 246 valence electrons. The summed E-state index contributed by atoms with van der Waals surface area (Å²) in [6, 6.07) is 0. The summed E-state index contributed by atoms with van der Waals surface area (Å²) in [6.07, 6.45) is 18.2. The van der Waals surface area contributed by atoms with Gasteiger partial charge in [-0.15, -0.1) is 0 Å². The quantitative estimate of drug-likeness (QED) is 0.419. The van der Waals surface area contributed by atoms with Crippen LogP contribution < -0.4 is 10.1 Å². The number of nitrogens with one attached hydrogen (secondary N) is 1. The number of carboxylic acid groups (broad SMARTS) is 1. The molecule has 44 heavy (non-hydrogen) atoms. The van der Waals surface area contributed by atoms with Gasteiger partial charge >= 0.3 is 0 Å². The van der Waals surface area contributed by atoms with E-state index in [0.29, 0.717) is 36.7 Å². The fourth-order valence-corrected chi connectivity index (χ4v) is 9.69. The third-order valence-corrected chi connectivity index (χ3v) is 12.7. The van der Waals surface area contributed by atoms with Crippen molar-refractivity contribution >= 4 is 11.7 Å². The molecule has 0 aromatic rings. The Hall–Kier alpha value is -1.54. The van der Waals surface area contributed by atoms with Gasteiger partial charge in [0, 0.05) is 31.6 Å². The van der Waals surface area contributed by atoms with E-state index in [4.69, 9.17) is 14.2 Å². The molecule has 0 amide bonds. The first-order valence-electron chi connectivity index (χ1n) is 17.9. The van der Waals surface area contributed by atoms with Crippen LogP contribution in [0.2, 0.25) is 0 Å². The minimum Gasteiger partial charge on any atom is -0.545 e. The van der Waals surface area contributed by atoms with E-state index in [1.54, 1.807) is 0 Å². The van der Waals surface area contributed by atoms with Crippen LogP contribution in [0, 0.1) is 23.2 Å². The lowest BCUT2D eigenvalue weighted by Gasteiger charge is -2.50. The molecule has 1 aliphatic carbocycles. The van der Waals surface area contributed by atoms with Gasteiger partial charge in [0.15, 0.2) is 11.5 Å². The summed E-state index contributed by atoms with van der Waals surface area (Å²) in [4.78, 5) is 16.0. The van der Waals surface area contributed by atoms with Crippen LogP contribution in [0.5, 0.6) is 0 Å². The number of ether oxygens (including phenoxy) is 3. The molecule has 0 aromatic carbocycles. The molecule has 0 saturated carbocycles. The highest BCUT2D eigenvalue weighted by molar-refractivity contribution is 5.89. The largest absolute Gasteiger partial charge is 0.545 e. The first kappa shape index (κ1) is 32.4. The second-order valence-electron chi connectivity index (χ2n) is 15.8. The van der Waals surface area contributed by atoms with Crippen LogP contribution in [0.4, 0.5) is 0 Å².